The highest BCUT2D eigenvalue weighted by atomic mass is 35.5. The number of aromatic nitrogens is 1. The van der Waals surface area contributed by atoms with Gasteiger partial charge in [-0.05, 0) is 29.7 Å². The Balaban J connectivity index is 2.24. The third-order valence-electron chi connectivity index (χ3n) is 2.78. The summed E-state index contributed by atoms with van der Waals surface area (Å²) in [5, 5.41) is 3.19. The van der Waals surface area contributed by atoms with E-state index in [9.17, 15) is 4.79 Å². The molecule has 0 aliphatic rings. The number of amides is 1. The van der Waals surface area contributed by atoms with E-state index in [2.05, 4.69) is 24.1 Å². The maximum Gasteiger partial charge on any atom is 0.274 e. The van der Waals surface area contributed by atoms with E-state index in [0.29, 0.717) is 16.8 Å². The zero-order chi connectivity index (χ0) is 13.8. The summed E-state index contributed by atoms with van der Waals surface area (Å²) in [5.74, 6) is 0.0828. The lowest BCUT2D eigenvalue weighted by Gasteiger charge is -2.13. The number of carbonyl (C=O) groups excluding carboxylic acids is 1. The fourth-order valence-electron chi connectivity index (χ4n) is 1.84. The number of hydrogen-bond acceptors (Lipinski definition) is 2. The summed E-state index contributed by atoms with van der Waals surface area (Å²) in [6.45, 7) is 4.17. The summed E-state index contributed by atoms with van der Waals surface area (Å²) in [6.07, 6.45) is 0. The van der Waals surface area contributed by atoms with Crippen molar-refractivity contribution in [2.45, 2.75) is 19.8 Å². The molecule has 0 unspecified atom stereocenters. The maximum atomic E-state index is 12.1. The molecule has 2 aromatic rings. The molecule has 1 amide bonds. The number of carbonyl (C=O) groups is 1. The van der Waals surface area contributed by atoms with Crippen LogP contribution in [0.25, 0.3) is 0 Å². The summed E-state index contributed by atoms with van der Waals surface area (Å²) in [5.41, 5.74) is 2.22. The Morgan fingerprint density at radius 3 is 2.58 bits per heavy atom. The molecule has 98 valence electrons. The van der Waals surface area contributed by atoms with Gasteiger partial charge in [0.15, 0.2) is 0 Å². The van der Waals surface area contributed by atoms with Crippen LogP contribution in [0, 0.1) is 0 Å². The molecule has 0 aliphatic carbocycles. The van der Waals surface area contributed by atoms with Gasteiger partial charge in [0.05, 0.1) is 0 Å². The molecule has 4 heteroatoms. The van der Waals surface area contributed by atoms with Crippen molar-refractivity contribution in [2.75, 3.05) is 5.32 Å². The summed E-state index contributed by atoms with van der Waals surface area (Å²) < 4.78 is 0. The van der Waals surface area contributed by atoms with E-state index in [1.54, 1.807) is 18.2 Å². The van der Waals surface area contributed by atoms with Gasteiger partial charge in [0, 0.05) is 5.69 Å². The third kappa shape index (κ3) is 3.32. The molecule has 3 nitrogen and oxygen atoms in total. The highest BCUT2D eigenvalue weighted by Gasteiger charge is 2.11. The minimum absolute atomic E-state index is 0.254. The van der Waals surface area contributed by atoms with E-state index < -0.39 is 0 Å². The van der Waals surface area contributed by atoms with Gasteiger partial charge in [-0.1, -0.05) is 49.7 Å². The van der Waals surface area contributed by atoms with Crippen LogP contribution in [0.15, 0.2) is 42.5 Å². The lowest BCUT2D eigenvalue weighted by atomic mass is 10.0. The molecule has 1 heterocycles. The first kappa shape index (κ1) is 13.6. The number of halogens is 1. The number of para-hydroxylation sites is 1. The monoisotopic (exact) mass is 274 g/mol. The highest BCUT2D eigenvalue weighted by Crippen LogP contribution is 2.24. The van der Waals surface area contributed by atoms with Crippen LogP contribution >= 0.6 is 11.6 Å². The molecule has 0 radical (unpaired) electrons. The molecule has 1 aromatic carbocycles. The van der Waals surface area contributed by atoms with Gasteiger partial charge < -0.3 is 5.32 Å². The SMILES string of the molecule is CC(C)c1ccccc1NC(=O)c1cccc(Cl)n1. The van der Waals surface area contributed by atoms with Crippen LogP contribution in [0.3, 0.4) is 0 Å². The summed E-state index contributed by atoms with van der Waals surface area (Å²) in [7, 11) is 0. The predicted octanol–water partition coefficient (Wildman–Crippen LogP) is 4.11. The minimum atomic E-state index is -0.254. The molecule has 0 spiro atoms. The van der Waals surface area contributed by atoms with Crippen LogP contribution < -0.4 is 5.32 Å². The smallest absolute Gasteiger partial charge is 0.274 e. The first-order valence-corrected chi connectivity index (χ1v) is 6.48. The van der Waals surface area contributed by atoms with E-state index in [-0.39, 0.29) is 5.91 Å². The fourth-order valence-corrected chi connectivity index (χ4v) is 2.00. The van der Waals surface area contributed by atoms with E-state index in [0.717, 1.165) is 11.3 Å². The van der Waals surface area contributed by atoms with Crippen molar-refractivity contribution in [3.05, 3.63) is 58.9 Å². The Hall–Kier alpha value is -1.87. The molecule has 0 atom stereocenters. The van der Waals surface area contributed by atoms with Gasteiger partial charge in [-0.2, -0.15) is 0 Å². The second kappa shape index (κ2) is 5.85. The van der Waals surface area contributed by atoms with Crippen LogP contribution in [0.4, 0.5) is 5.69 Å². The van der Waals surface area contributed by atoms with Crippen molar-refractivity contribution < 1.29 is 4.79 Å². The number of anilines is 1. The minimum Gasteiger partial charge on any atom is -0.320 e. The van der Waals surface area contributed by atoms with Crippen molar-refractivity contribution in [1.29, 1.82) is 0 Å². The van der Waals surface area contributed by atoms with Crippen molar-refractivity contribution in [3.63, 3.8) is 0 Å². The summed E-state index contributed by atoms with van der Waals surface area (Å²) in [6, 6.07) is 12.7. The average molecular weight is 275 g/mol. The fraction of sp³-hybridized carbons (Fsp3) is 0.200. The van der Waals surface area contributed by atoms with Gasteiger partial charge >= 0.3 is 0 Å². The van der Waals surface area contributed by atoms with Gasteiger partial charge in [-0.15, -0.1) is 0 Å². The molecule has 0 fully saturated rings. The number of pyridine rings is 1. The molecular formula is C15H15ClN2O. The topological polar surface area (TPSA) is 42.0 Å². The Bertz CT molecular complexity index is 596. The van der Waals surface area contributed by atoms with E-state index in [4.69, 9.17) is 11.6 Å². The van der Waals surface area contributed by atoms with Crippen molar-refractivity contribution >= 4 is 23.2 Å². The second-order valence-corrected chi connectivity index (χ2v) is 4.93. The Morgan fingerprint density at radius 1 is 1.16 bits per heavy atom. The molecule has 1 aromatic heterocycles. The third-order valence-corrected chi connectivity index (χ3v) is 2.99. The van der Waals surface area contributed by atoms with Crippen molar-refractivity contribution in [3.8, 4) is 0 Å². The quantitative estimate of drug-likeness (QED) is 0.856. The molecular weight excluding hydrogens is 260 g/mol. The number of benzene rings is 1. The van der Waals surface area contributed by atoms with E-state index in [1.165, 1.54) is 0 Å². The molecule has 0 aliphatic heterocycles. The zero-order valence-corrected chi connectivity index (χ0v) is 11.6. The van der Waals surface area contributed by atoms with Crippen molar-refractivity contribution in [1.82, 2.24) is 4.98 Å². The van der Waals surface area contributed by atoms with Crippen LogP contribution in [-0.2, 0) is 0 Å². The molecule has 19 heavy (non-hydrogen) atoms. The lowest BCUT2D eigenvalue weighted by molar-refractivity contribution is 0.102. The summed E-state index contributed by atoms with van der Waals surface area (Å²) >= 11 is 5.78. The van der Waals surface area contributed by atoms with Gasteiger partial charge in [-0.25, -0.2) is 4.98 Å². The van der Waals surface area contributed by atoms with Gasteiger partial charge in [0.2, 0.25) is 0 Å². The van der Waals surface area contributed by atoms with E-state index in [1.807, 2.05) is 24.3 Å². The van der Waals surface area contributed by atoms with Crippen LogP contribution in [0.1, 0.15) is 35.8 Å². The Kier molecular flexibility index (Phi) is 4.17. The maximum absolute atomic E-state index is 12.1. The molecule has 0 saturated carbocycles. The molecule has 1 N–H and O–H groups in total. The normalized spacial score (nSPS) is 10.5. The highest BCUT2D eigenvalue weighted by molar-refractivity contribution is 6.29. The number of nitrogens with one attached hydrogen (secondary N) is 1. The van der Waals surface area contributed by atoms with Crippen molar-refractivity contribution in [2.24, 2.45) is 0 Å². The zero-order valence-electron chi connectivity index (χ0n) is 10.9. The second-order valence-electron chi connectivity index (χ2n) is 4.54. The van der Waals surface area contributed by atoms with Gasteiger partial charge in [-0.3, -0.25) is 4.79 Å². The van der Waals surface area contributed by atoms with Crippen LogP contribution in [0.5, 0.6) is 0 Å². The molecule has 2 rings (SSSR count). The molecule has 0 bridgehead atoms. The number of nitrogens with zero attached hydrogens (tertiary/aromatic N) is 1. The Labute approximate surface area is 117 Å². The average Bonchev–Trinajstić information content (AvgIpc) is 2.39. The van der Waals surface area contributed by atoms with Crippen LogP contribution in [-0.4, -0.2) is 10.9 Å². The van der Waals surface area contributed by atoms with Gasteiger partial charge in [0.1, 0.15) is 10.8 Å². The first-order chi connectivity index (χ1) is 9.08. The first-order valence-electron chi connectivity index (χ1n) is 6.11. The Morgan fingerprint density at radius 2 is 1.89 bits per heavy atom. The summed E-state index contributed by atoms with van der Waals surface area (Å²) in [4.78, 5) is 16.1. The van der Waals surface area contributed by atoms with Crippen LogP contribution in [0.2, 0.25) is 5.15 Å². The predicted molar refractivity (Wildman–Crippen MR) is 77.7 cm³/mol. The molecule has 0 saturated heterocycles. The number of hydrogen-bond donors (Lipinski definition) is 1. The van der Waals surface area contributed by atoms with Gasteiger partial charge in [0.25, 0.3) is 5.91 Å². The standard InChI is InChI=1S/C15H15ClN2O/c1-10(2)11-6-3-4-7-12(11)18-15(19)13-8-5-9-14(16)17-13/h3-10H,1-2H3,(H,18,19). The van der Waals surface area contributed by atoms with E-state index >= 15 is 0 Å². The largest absolute Gasteiger partial charge is 0.320 e. The number of rotatable bonds is 3. The lowest BCUT2D eigenvalue weighted by Crippen LogP contribution is -2.15.